The van der Waals surface area contributed by atoms with Crippen LogP contribution in [-0.4, -0.2) is 39.4 Å². The lowest BCUT2D eigenvalue weighted by atomic mass is 9.95. The Morgan fingerprint density at radius 1 is 1.09 bits per heavy atom. The number of hydrogen-bond acceptors (Lipinski definition) is 4. The molecule has 1 N–H and O–H groups in total. The molecular weight excluding hydrogens is 470 g/mol. The van der Waals surface area contributed by atoms with Gasteiger partial charge in [-0.3, -0.25) is 14.6 Å². The summed E-state index contributed by atoms with van der Waals surface area (Å²) < 4.78 is 30.4. The lowest BCUT2D eigenvalue weighted by Gasteiger charge is -2.31. The summed E-state index contributed by atoms with van der Waals surface area (Å²) in [4.78, 5) is 32.0. The van der Waals surface area contributed by atoms with Crippen molar-refractivity contribution in [1.82, 2.24) is 19.8 Å². The Morgan fingerprint density at radius 2 is 1.91 bits per heavy atom. The van der Waals surface area contributed by atoms with Crippen LogP contribution in [0.15, 0.2) is 60.1 Å². The molecule has 0 radical (unpaired) electrons. The molecule has 0 aliphatic carbocycles. The predicted molar refractivity (Wildman–Crippen MR) is 130 cm³/mol. The molecule has 1 aromatic carbocycles. The Morgan fingerprint density at radius 3 is 2.66 bits per heavy atom. The fourth-order valence-electron chi connectivity index (χ4n) is 4.48. The van der Waals surface area contributed by atoms with Gasteiger partial charge in [-0.05, 0) is 48.6 Å². The third kappa shape index (κ3) is 4.95. The summed E-state index contributed by atoms with van der Waals surface area (Å²) in [5.74, 6) is -1.62. The standard InChI is InChI=1S/C26H24F2N4O2S/c27-19-5-4-18(21(28)13-19)16-32-22-8-12-35-24(22)14-23(32)26(34)31-10-6-17(7-11-31)25(33)30-15-20-3-1-2-9-29-20/h1-5,8-9,12-14,17H,6-7,10-11,15-16H2,(H,30,33). The Bertz CT molecular complexity index is 1360. The van der Waals surface area contributed by atoms with Crippen molar-refractivity contribution in [2.45, 2.75) is 25.9 Å². The number of aromatic nitrogens is 2. The first kappa shape index (κ1) is 23.2. The number of carbonyl (C=O) groups excluding carboxylic acids is 2. The number of benzene rings is 1. The van der Waals surface area contributed by atoms with Crippen LogP contribution in [0.1, 0.15) is 34.6 Å². The number of amides is 2. The topological polar surface area (TPSA) is 67.2 Å². The van der Waals surface area contributed by atoms with Crippen LogP contribution in [0, 0.1) is 17.6 Å². The fraction of sp³-hybridized carbons (Fsp3) is 0.269. The van der Waals surface area contributed by atoms with E-state index >= 15 is 0 Å². The van der Waals surface area contributed by atoms with E-state index in [4.69, 9.17) is 0 Å². The number of likely N-dealkylation sites (tertiary alicyclic amines) is 1. The number of piperidine rings is 1. The molecule has 0 bridgehead atoms. The van der Waals surface area contributed by atoms with Gasteiger partial charge >= 0.3 is 0 Å². The van der Waals surface area contributed by atoms with Crippen molar-refractivity contribution in [1.29, 1.82) is 0 Å². The lowest BCUT2D eigenvalue weighted by Crippen LogP contribution is -2.43. The Labute approximate surface area is 205 Å². The largest absolute Gasteiger partial charge is 0.350 e. The van der Waals surface area contributed by atoms with Crippen molar-refractivity contribution in [2.75, 3.05) is 13.1 Å². The first-order valence-corrected chi connectivity index (χ1v) is 12.3. The highest BCUT2D eigenvalue weighted by Gasteiger charge is 2.29. The second kappa shape index (κ2) is 9.95. The summed E-state index contributed by atoms with van der Waals surface area (Å²) in [5, 5.41) is 4.86. The van der Waals surface area contributed by atoms with E-state index in [1.54, 1.807) is 15.7 Å². The van der Waals surface area contributed by atoms with E-state index in [2.05, 4.69) is 10.3 Å². The van der Waals surface area contributed by atoms with Crippen LogP contribution in [-0.2, 0) is 17.9 Å². The zero-order valence-electron chi connectivity index (χ0n) is 18.9. The van der Waals surface area contributed by atoms with Gasteiger partial charge < -0.3 is 14.8 Å². The molecule has 1 fully saturated rings. The van der Waals surface area contributed by atoms with Crippen LogP contribution in [0.4, 0.5) is 8.78 Å². The zero-order chi connectivity index (χ0) is 24.4. The van der Waals surface area contributed by atoms with Crippen LogP contribution < -0.4 is 5.32 Å². The molecule has 9 heteroatoms. The highest BCUT2D eigenvalue weighted by Crippen LogP contribution is 2.29. The van der Waals surface area contributed by atoms with E-state index < -0.39 is 11.6 Å². The van der Waals surface area contributed by atoms with Crippen molar-refractivity contribution in [3.8, 4) is 0 Å². The molecule has 1 aliphatic heterocycles. The minimum absolute atomic E-state index is 0.0292. The van der Waals surface area contributed by atoms with Gasteiger partial charge in [0.2, 0.25) is 5.91 Å². The second-order valence-corrected chi connectivity index (χ2v) is 9.57. The second-order valence-electron chi connectivity index (χ2n) is 8.63. The van der Waals surface area contributed by atoms with E-state index in [0.29, 0.717) is 43.7 Å². The summed E-state index contributed by atoms with van der Waals surface area (Å²) in [6, 6.07) is 12.8. The molecule has 1 saturated heterocycles. The van der Waals surface area contributed by atoms with E-state index in [1.807, 2.05) is 35.7 Å². The highest BCUT2D eigenvalue weighted by molar-refractivity contribution is 7.17. The zero-order valence-corrected chi connectivity index (χ0v) is 19.7. The van der Waals surface area contributed by atoms with Gasteiger partial charge in [0.1, 0.15) is 17.3 Å². The molecule has 4 aromatic rings. The van der Waals surface area contributed by atoms with Crippen molar-refractivity contribution in [3.63, 3.8) is 0 Å². The summed E-state index contributed by atoms with van der Waals surface area (Å²) in [6.45, 7) is 1.43. The van der Waals surface area contributed by atoms with Gasteiger partial charge in [0.05, 0.1) is 29.0 Å². The van der Waals surface area contributed by atoms with Crippen molar-refractivity contribution in [3.05, 3.63) is 88.7 Å². The number of fused-ring (bicyclic) bond motifs is 1. The number of thiophene rings is 1. The van der Waals surface area contributed by atoms with E-state index in [9.17, 15) is 18.4 Å². The van der Waals surface area contributed by atoms with Gasteiger partial charge in [-0.2, -0.15) is 0 Å². The molecule has 0 saturated carbocycles. The molecule has 0 atom stereocenters. The first-order chi connectivity index (χ1) is 17.0. The molecule has 0 spiro atoms. The summed E-state index contributed by atoms with van der Waals surface area (Å²) in [5.41, 5.74) is 2.42. The maximum atomic E-state index is 14.4. The minimum atomic E-state index is -0.641. The molecule has 1 aliphatic rings. The number of hydrogen-bond donors (Lipinski definition) is 1. The van der Waals surface area contributed by atoms with Gasteiger partial charge in [-0.15, -0.1) is 11.3 Å². The van der Waals surface area contributed by atoms with Gasteiger partial charge in [-0.25, -0.2) is 8.78 Å². The minimum Gasteiger partial charge on any atom is -0.350 e. The summed E-state index contributed by atoms with van der Waals surface area (Å²) in [7, 11) is 0. The third-order valence-corrected chi connectivity index (χ3v) is 7.26. The van der Waals surface area contributed by atoms with Crippen molar-refractivity contribution in [2.24, 2.45) is 5.92 Å². The smallest absolute Gasteiger partial charge is 0.270 e. The number of rotatable bonds is 6. The quantitative estimate of drug-likeness (QED) is 0.426. The van der Waals surface area contributed by atoms with Crippen molar-refractivity contribution < 1.29 is 18.4 Å². The van der Waals surface area contributed by atoms with Crippen molar-refractivity contribution >= 4 is 33.4 Å². The molecule has 0 unspecified atom stereocenters. The van der Waals surface area contributed by atoms with Crippen LogP contribution in [0.3, 0.4) is 0 Å². The number of nitrogens with zero attached hydrogens (tertiary/aromatic N) is 3. The molecule has 5 rings (SSSR count). The highest BCUT2D eigenvalue weighted by atomic mass is 32.1. The SMILES string of the molecule is O=C(NCc1ccccn1)C1CCN(C(=O)c2cc3sccc3n2Cc2ccc(F)cc2F)CC1. The maximum Gasteiger partial charge on any atom is 0.270 e. The van der Waals surface area contributed by atoms with Gasteiger partial charge in [0.15, 0.2) is 0 Å². The van der Waals surface area contributed by atoms with Crippen LogP contribution in [0.25, 0.3) is 10.2 Å². The number of pyridine rings is 1. The normalized spacial score (nSPS) is 14.4. The fourth-order valence-corrected chi connectivity index (χ4v) is 5.30. The van der Waals surface area contributed by atoms with Gasteiger partial charge in [0, 0.05) is 36.8 Å². The monoisotopic (exact) mass is 494 g/mol. The Balaban J connectivity index is 1.26. The molecule has 180 valence electrons. The Hall–Kier alpha value is -3.59. The Kier molecular flexibility index (Phi) is 6.59. The molecule has 6 nitrogen and oxygen atoms in total. The van der Waals surface area contributed by atoms with Crippen LogP contribution in [0.2, 0.25) is 0 Å². The molecular formula is C26H24F2N4O2S. The molecule has 4 heterocycles. The lowest BCUT2D eigenvalue weighted by molar-refractivity contribution is -0.126. The first-order valence-electron chi connectivity index (χ1n) is 11.5. The van der Waals surface area contributed by atoms with Gasteiger partial charge in [0.25, 0.3) is 5.91 Å². The number of halogens is 2. The predicted octanol–water partition coefficient (Wildman–Crippen LogP) is 4.59. The van der Waals surface area contributed by atoms with Gasteiger partial charge in [-0.1, -0.05) is 12.1 Å². The maximum absolute atomic E-state index is 14.4. The average Bonchev–Trinajstić information content (AvgIpc) is 3.47. The van der Waals surface area contributed by atoms with E-state index in [1.165, 1.54) is 23.5 Å². The molecule has 2 amide bonds. The average molecular weight is 495 g/mol. The summed E-state index contributed by atoms with van der Waals surface area (Å²) >= 11 is 1.51. The summed E-state index contributed by atoms with van der Waals surface area (Å²) in [6.07, 6.45) is 2.83. The molecule has 35 heavy (non-hydrogen) atoms. The number of carbonyl (C=O) groups is 2. The van der Waals surface area contributed by atoms with E-state index in [0.717, 1.165) is 22.0 Å². The third-order valence-electron chi connectivity index (χ3n) is 6.41. The van der Waals surface area contributed by atoms with E-state index in [-0.39, 0.29) is 24.3 Å². The molecule has 3 aromatic heterocycles. The van der Waals surface area contributed by atoms with Crippen LogP contribution in [0.5, 0.6) is 0 Å². The van der Waals surface area contributed by atoms with Crippen LogP contribution >= 0.6 is 11.3 Å². The number of nitrogens with one attached hydrogen (secondary N) is 1.